The molecule has 0 saturated carbocycles. The number of aromatic nitrogens is 1. The normalized spacial score (nSPS) is 31.6. The Morgan fingerprint density at radius 2 is 1.95 bits per heavy atom. The molecule has 2 saturated heterocycles. The van der Waals surface area contributed by atoms with Crippen molar-refractivity contribution in [3.8, 4) is 0 Å². The number of nitrogens with one attached hydrogen (secondary N) is 1. The van der Waals surface area contributed by atoms with Crippen LogP contribution in [-0.2, 0) is 6.54 Å². The van der Waals surface area contributed by atoms with Gasteiger partial charge in [-0.2, -0.15) is 0 Å². The first-order valence-corrected chi connectivity index (χ1v) is 8.33. The maximum atomic E-state index is 4.51. The topological polar surface area (TPSA) is 28.2 Å². The molecule has 0 radical (unpaired) electrons. The summed E-state index contributed by atoms with van der Waals surface area (Å²) in [7, 11) is 2.32. The summed E-state index contributed by atoms with van der Waals surface area (Å²) in [6.07, 6.45) is 6.86. The fraction of sp³-hybridized carbons (Fsp3) is 0.800. The molecule has 0 spiro atoms. The molecule has 19 heavy (non-hydrogen) atoms. The number of rotatable bonds is 3. The van der Waals surface area contributed by atoms with E-state index in [1.54, 1.807) is 0 Å². The molecular formula is C15H25N3S. The molecule has 2 aliphatic heterocycles. The molecule has 1 N–H and O–H groups in total. The van der Waals surface area contributed by atoms with Gasteiger partial charge in [0.25, 0.3) is 0 Å². The van der Waals surface area contributed by atoms with Crippen LogP contribution in [0, 0.1) is 13.8 Å². The molecule has 106 valence electrons. The fourth-order valence-electron chi connectivity index (χ4n) is 3.76. The summed E-state index contributed by atoms with van der Waals surface area (Å²) in [4.78, 5) is 8.56. The van der Waals surface area contributed by atoms with Crippen molar-refractivity contribution >= 4 is 11.3 Å². The minimum atomic E-state index is 0.702. The number of fused-ring (bicyclic) bond motifs is 2. The van der Waals surface area contributed by atoms with Crippen LogP contribution < -0.4 is 5.32 Å². The van der Waals surface area contributed by atoms with Crippen molar-refractivity contribution in [1.29, 1.82) is 0 Å². The minimum absolute atomic E-state index is 0.702. The van der Waals surface area contributed by atoms with Crippen molar-refractivity contribution in [2.75, 3.05) is 7.05 Å². The maximum absolute atomic E-state index is 4.51. The molecule has 2 unspecified atom stereocenters. The maximum Gasteiger partial charge on any atom is 0.0900 e. The summed E-state index contributed by atoms with van der Waals surface area (Å²) in [6, 6.07) is 2.33. The second-order valence-electron chi connectivity index (χ2n) is 6.19. The molecule has 1 aromatic heterocycles. The van der Waals surface area contributed by atoms with Gasteiger partial charge in [0, 0.05) is 29.5 Å². The van der Waals surface area contributed by atoms with Crippen molar-refractivity contribution in [2.45, 2.75) is 70.6 Å². The summed E-state index contributed by atoms with van der Waals surface area (Å²) >= 11 is 1.84. The number of nitrogens with zero attached hydrogens (tertiary/aromatic N) is 2. The minimum Gasteiger partial charge on any atom is -0.309 e. The lowest BCUT2D eigenvalue weighted by Gasteiger charge is -2.47. The number of hydrogen-bond donors (Lipinski definition) is 1. The van der Waals surface area contributed by atoms with E-state index in [1.807, 2.05) is 11.3 Å². The zero-order valence-electron chi connectivity index (χ0n) is 12.3. The number of piperidine rings is 2. The standard InChI is InChI=1S/C15H25N3S/c1-10-15(19-11(2)17-10)9-16-12-7-13-5-4-6-14(8-12)18(13)3/h12-14,16H,4-9H2,1-3H3. The predicted octanol–water partition coefficient (Wildman–Crippen LogP) is 2.86. The van der Waals surface area contributed by atoms with E-state index in [0.717, 1.165) is 18.6 Å². The van der Waals surface area contributed by atoms with Gasteiger partial charge in [-0.3, -0.25) is 0 Å². The molecule has 0 amide bonds. The number of aryl methyl sites for hydroxylation is 2. The first kappa shape index (κ1) is 13.5. The van der Waals surface area contributed by atoms with E-state index < -0.39 is 0 Å². The molecule has 4 heteroatoms. The summed E-state index contributed by atoms with van der Waals surface area (Å²) in [5.74, 6) is 0. The average Bonchev–Trinajstić information content (AvgIpc) is 2.66. The second kappa shape index (κ2) is 5.51. The van der Waals surface area contributed by atoms with Gasteiger partial charge in [-0.05, 0) is 46.6 Å². The van der Waals surface area contributed by atoms with E-state index in [9.17, 15) is 0 Å². The largest absolute Gasteiger partial charge is 0.309 e. The van der Waals surface area contributed by atoms with Crippen LogP contribution >= 0.6 is 11.3 Å². The predicted molar refractivity (Wildman–Crippen MR) is 80.6 cm³/mol. The zero-order valence-corrected chi connectivity index (χ0v) is 13.1. The van der Waals surface area contributed by atoms with Crippen LogP contribution in [0.4, 0.5) is 0 Å². The van der Waals surface area contributed by atoms with Gasteiger partial charge in [0.15, 0.2) is 0 Å². The fourth-order valence-corrected chi connectivity index (χ4v) is 4.65. The molecule has 3 heterocycles. The van der Waals surface area contributed by atoms with E-state index in [-0.39, 0.29) is 0 Å². The molecule has 0 aromatic carbocycles. The third kappa shape index (κ3) is 2.86. The van der Waals surface area contributed by atoms with Gasteiger partial charge in [0.1, 0.15) is 0 Å². The first-order valence-electron chi connectivity index (χ1n) is 7.51. The van der Waals surface area contributed by atoms with Crippen molar-refractivity contribution in [3.63, 3.8) is 0 Å². The van der Waals surface area contributed by atoms with Crippen molar-refractivity contribution in [2.24, 2.45) is 0 Å². The van der Waals surface area contributed by atoms with Gasteiger partial charge < -0.3 is 10.2 Å². The number of thiazole rings is 1. The van der Waals surface area contributed by atoms with Gasteiger partial charge in [-0.1, -0.05) is 6.42 Å². The van der Waals surface area contributed by atoms with E-state index in [0.29, 0.717) is 6.04 Å². The van der Waals surface area contributed by atoms with Crippen LogP contribution in [-0.4, -0.2) is 35.1 Å². The van der Waals surface area contributed by atoms with Gasteiger partial charge in [-0.25, -0.2) is 4.98 Å². The Hall–Kier alpha value is -0.450. The molecule has 2 aliphatic rings. The summed E-state index contributed by atoms with van der Waals surface area (Å²) < 4.78 is 0. The lowest BCUT2D eigenvalue weighted by atomic mass is 9.82. The lowest BCUT2D eigenvalue weighted by Crippen LogP contribution is -2.54. The highest BCUT2D eigenvalue weighted by Gasteiger charge is 2.35. The molecular weight excluding hydrogens is 254 g/mol. The molecule has 3 rings (SSSR count). The highest BCUT2D eigenvalue weighted by molar-refractivity contribution is 7.11. The Balaban J connectivity index is 1.58. The molecule has 1 aromatic rings. The van der Waals surface area contributed by atoms with Crippen molar-refractivity contribution in [1.82, 2.24) is 15.2 Å². The van der Waals surface area contributed by atoms with Crippen LogP contribution in [0.15, 0.2) is 0 Å². The Bertz CT molecular complexity index is 429. The summed E-state index contributed by atoms with van der Waals surface area (Å²) in [5.41, 5.74) is 1.21. The van der Waals surface area contributed by atoms with Crippen LogP contribution in [0.1, 0.15) is 47.7 Å². The van der Waals surface area contributed by atoms with E-state index in [4.69, 9.17) is 0 Å². The lowest BCUT2D eigenvalue weighted by molar-refractivity contribution is 0.0483. The third-order valence-corrected chi connectivity index (χ3v) is 5.96. The third-order valence-electron chi connectivity index (χ3n) is 4.89. The first-order chi connectivity index (χ1) is 9.13. The highest BCUT2D eigenvalue weighted by Crippen LogP contribution is 2.32. The zero-order chi connectivity index (χ0) is 13.4. The highest BCUT2D eigenvalue weighted by atomic mass is 32.1. The Kier molecular flexibility index (Phi) is 3.92. The van der Waals surface area contributed by atoms with Gasteiger partial charge in [0.05, 0.1) is 10.7 Å². The van der Waals surface area contributed by atoms with Crippen molar-refractivity contribution < 1.29 is 0 Å². The van der Waals surface area contributed by atoms with E-state index >= 15 is 0 Å². The Morgan fingerprint density at radius 3 is 2.53 bits per heavy atom. The molecule has 0 aliphatic carbocycles. The van der Waals surface area contributed by atoms with Gasteiger partial charge in [0.2, 0.25) is 0 Å². The van der Waals surface area contributed by atoms with E-state index in [2.05, 4.69) is 36.1 Å². The van der Waals surface area contributed by atoms with Crippen LogP contribution in [0.25, 0.3) is 0 Å². The molecule has 2 atom stereocenters. The second-order valence-corrected chi connectivity index (χ2v) is 7.48. The summed E-state index contributed by atoms with van der Waals surface area (Å²) in [5, 5.41) is 4.97. The Morgan fingerprint density at radius 1 is 1.26 bits per heavy atom. The van der Waals surface area contributed by atoms with E-state index in [1.165, 1.54) is 47.7 Å². The van der Waals surface area contributed by atoms with Crippen LogP contribution in [0.5, 0.6) is 0 Å². The molecule has 2 bridgehead atoms. The van der Waals surface area contributed by atoms with Crippen LogP contribution in [0.3, 0.4) is 0 Å². The number of hydrogen-bond acceptors (Lipinski definition) is 4. The monoisotopic (exact) mass is 279 g/mol. The molecule has 2 fully saturated rings. The average molecular weight is 279 g/mol. The van der Waals surface area contributed by atoms with Crippen LogP contribution in [0.2, 0.25) is 0 Å². The smallest absolute Gasteiger partial charge is 0.0900 e. The van der Waals surface area contributed by atoms with Gasteiger partial charge >= 0.3 is 0 Å². The SMILES string of the molecule is Cc1nc(C)c(CNC2CC3CCCC(C2)N3C)s1. The van der Waals surface area contributed by atoms with Gasteiger partial charge in [-0.15, -0.1) is 11.3 Å². The quantitative estimate of drug-likeness (QED) is 0.922. The van der Waals surface area contributed by atoms with Crippen molar-refractivity contribution in [3.05, 3.63) is 15.6 Å². The summed E-state index contributed by atoms with van der Waals surface area (Å²) in [6.45, 7) is 5.23. The Labute approximate surface area is 120 Å². The molecule has 3 nitrogen and oxygen atoms in total.